The Morgan fingerprint density at radius 1 is 1.35 bits per heavy atom. The van der Waals surface area contributed by atoms with Crippen molar-refractivity contribution in [3.05, 3.63) is 52.1 Å². The molecular formula is C18H17ClF2N4S. The first-order valence-electron chi connectivity index (χ1n) is 10.0. The highest BCUT2D eigenvalue weighted by molar-refractivity contribution is 7.22. The molecule has 26 heavy (non-hydrogen) atoms. The smallest absolute Gasteiger partial charge is 0.162 e. The third-order valence-electron chi connectivity index (χ3n) is 4.06. The normalized spacial score (nSPS) is 20.9. The average Bonchev–Trinajstić information content (AvgIpc) is 3.00. The van der Waals surface area contributed by atoms with Crippen molar-refractivity contribution >= 4 is 39.0 Å². The molecule has 8 heteroatoms. The van der Waals surface area contributed by atoms with Gasteiger partial charge in [0, 0.05) is 33.1 Å². The van der Waals surface area contributed by atoms with Gasteiger partial charge in [-0.2, -0.15) is 0 Å². The molecule has 1 N–H and O–H groups in total. The van der Waals surface area contributed by atoms with Crippen molar-refractivity contribution < 1.29 is 14.3 Å². The molecule has 1 saturated heterocycles. The Bertz CT molecular complexity index is 1070. The first-order chi connectivity index (χ1) is 14.2. The summed E-state index contributed by atoms with van der Waals surface area (Å²) in [5.74, 6) is -1.33. The summed E-state index contributed by atoms with van der Waals surface area (Å²) in [6, 6.07) is 1.72. The minimum Gasteiger partial charge on any atom is -0.367 e. The number of anilines is 1. The summed E-state index contributed by atoms with van der Waals surface area (Å²) in [5, 5.41) is 1.32. The lowest BCUT2D eigenvalue weighted by molar-refractivity contribution is 0.211. The minimum absolute atomic E-state index is 0.0323. The molecule has 4 rings (SSSR count). The predicted octanol–water partition coefficient (Wildman–Crippen LogP) is 4.70. The van der Waals surface area contributed by atoms with Crippen molar-refractivity contribution in [2.24, 2.45) is 0 Å². The minimum atomic E-state index is -1.34. The fourth-order valence-corrected chi connectivity index (χ4v) is 3.86. The molecule has 1 aliphatic rings. The van der Waals surface area contributed by atoms with Gasteiger partial charge in [0.1, 0.15) is 28.6 Å². The molecule has 0 saturated carbocycles. The number of rotatable bonds is 4. The van der Waals surface area contributed by atoms with Crippen LogP contribution in [0.15, 0.2) is 30.6 Å². The van der Waals surface area contributed by atoms with Crippen LogP contribution in [0.5, 0.6) is 0 Å². The number of thiophene rings is 1. The van der Waals surface area contributed by atoms with E-state index in [9.17, 15) is 8.78 Å². The second-order valence-corrected chi connectivity index (χ2v) is 7.53. The van der Waals surface area contributed by atoms with Crippen LogP contribution in [0.1, 0.15) is 22.5 Å². The summed E-state index contributed by atoms with van der Waals surface area (Å²) < 4.78 is 61.1. The van der Waals surface area contributed by atoms with Gasteiger partial charge >= 0.3 is 0 Å². The summed E-state index contributed by atoms with van der Waals surface area (Å²) >= 11 is 7.16. The summed E-state index contributed by atoms with van der Waals surface area (Å²) in [6.07, 6.45) is 1.70. The molecule has 0 spiro atoms. The zero-order chi connectivity index (χ0) is 21.6. The summed E-state index contributed by atoms with van der Waals surface area (Å²) in [4.78, 5) is 10.4. The first-order valence-corrected chi connectivity index (χ1v) is 9.20. The van der Waals surface area contributed by atoms with Crippen molar-refractivity contribution in [2.45, 2.75) is 25.4 Å². The number of piperidine rings is 1. The molecule has 1 aliphatic heterocycles. The van der Waals surface area contributed by atoms with Gasteiger partial charge in [-0.15, -0.1) is 11.3 Å². The van der Waals surface area contributed by atoms with Crippen LogP contribution in [-0.4, -0.2) is 34.0 Å². The number of likely N-dealkylation sites (tertiary alicyclic amines) is 1. The van der Waals surface area contributed by atoms with Crippen LogP contribution in [0.3, 0.4) is 0 Å². The van der Waals surface area contributed by atoms with Crippen molar-refractivity contribution in [2.75, 3.05) is 18.4 Å². The van der Waals surface area contributed by atoms with E-state index >= 15 is 0 Å². The topological polar surface area (TPSA) is 41.1 Å². The Morgan fingerprint density at radius 3 is 2.81 bits per heavy atom. The fraction of sp³-hybridized carbons (Fsp3) is 0.333. The Kier molecular flexibility index (Phi) is 3.81. The predicted molar refractivity (Wildman–Crippen MR) is 101 cm³/mol. The number of hydrogen-bond donors (Lipinski definition) is 1. The van der Waals surface area contributed by atoms with E-state index in [1.54, 1.807) is 4.90 Å². The third-order valence-corrected chi connectivity index (χ3v) is 5.17. The lowest BCUT2D eigenvalue weighted by Gasteiger charge is -2.32. The van der Waals surface area contributed by atoms with E-state index < -0.39 is 24.2 Å². The van der Waals surface area contributed by atoms with Gasteiger partial charge in [-0.1, -0.05) is 11.6 Å². The van der Waals surface area contributed by atoms with Crippen molar-refractivity contribution in [1.82, 2.24) is 14.9 Å². The Balaban J connectivity index is 1.54. The van der Waals surface area contributed by atoms with Gasteiger partial charge in [0.2, 0.25) is 0 Å². The van der Waals surface area contributed by atoms with Crippen LogP contribution < -0.4 is 5.31 Å². The van der Waals surface area contributed by atoms with Gasteiger partial charge in [0.15, 0.2) is 1.41 Å². The van der Waals surface area contributed by atoms with E-state index in [1.165, 1.54) is 6.33 Å². The lowest BCUT2D eigenvalue weighted by Crippen LogP contribution is -2.38. The second kappa shape index (κ2) is 7.42. The SMILES string of the molecule is [2H]c1c(Cl)sc2ncnc(N([2H])C3([2H])CCN(C([2H])c4cc(F)cc(F)c4)CC3)c12. The highest BCUT2D eigenvalue weighted by atomic mass is 35.5. The highest BCUT2D eigenvalue weighted by Crippen LogP contribution is 2.32. The maximum Gasteiger partial charge on any atom is 0.162 e. The molecule has 136 valence electrons. The van der Waals surface area contributed by atoms with E-state index in [-0.39, 0.29) is 47.7 Å². The molecule has 0 amide bonds. The van der Waals surface area contributed by atoms with Crippen LogP contribution in [0.25, 0.3) is 10.2 Å². The van der Waals surface area contributed by atoms with Crippen LogP contribution in [-0.2, 0) is 6.52 Å². The number of fused-ring (bicyclic) bond motifs is 1. The molecule has 1 aromatic carbocycles. The van der Waals surface area contributed by atoms with Crippen LogP contribution in [0, 0.1) is 11.6 Å². The molecule has 4 nitrogen and oxygen atoms in total. The highest BCUT2D eigenvalue weighted by Gasteiger charge is 2.21. The van der Waals surface area contributed by atoms with Gasteiger partial charge in [0.05, 0.1) is 12.5 Å². The first kappa shape index (κ1) is 13.4. The van der Waals surface area contributed by atoms with E-state index in [0.29, 0.717) is 10.2 Å². The molecule has 0 bridgehead atoms. The van der Waals surface area contributed by atoms with E-state index in [4.69, 9.17) is 17.1 Å². The van der Waals surface area contributed by atoms with Crippen LogP contribution in [0.2, 0.25) is 5.75 Å². The second-order valence-electron chi connectivity index (χ2n) is 5.92. The summed E-state index contributed by atoms with van der Waals surface area (Å²) in [5.41, 5.74) is 0.206. The van der Waals surface area contributed by atoms with E-state index in [0.717, 1.165) is 34.8 Å². The zero-order valence-electron chi connectivity index (χ0n) is 17.5. The summed E-state index contributed by atoms with van der Waals surface area (Å²) in [6.45, 7) is -0.394. The number of aromatic nitrogens is 2. The maximum atomic E-state index is 13.5. The maximum absolute atomic E-state index is 13.5. The van der Waals surface area contributed by atoms with Crippen LogP contribution in [0.4, 0.5) is 14.6 Å². The van der Waals surface area contributed by atoms with Gasteiger partial charge in [-0.25, -0.2) is 18.7 Å². The monoisotopic (exact) mass is 398 g/mol. The Hall–Kier alpha value is -1.83. The average molecular weight is 399 g/mol. The molecular weight excluding hydrogens is 378 g/mol. The molecule has 2 aromatic heterocycles. The van der Waals surface area contributed by atoms with Crippen LogP contribution >= 0.6 is 22.9 Å². The molecule has 0 radical (unpaired) electrons. The van der Waals surface area contributed by atoms with Gasteiger partial charge in [-0.05, 0) is 36.6 Å². The van der Waals surface area contributed by atoms with Crippen molar-refractivity contribution in [1.29, 1.82) is 0 Å². The molecule has 1 unspecified atom stereocenters. The molecule has 1 atom stereocenters. The van der Waals surface area contributed by atoms with Crippen molar-refractivity contribution in [3.8, 4) is 0 Å². The van der Waals surface area contributed by atoms with Gasteiger partial charge in [0.25, 0.3) is 0 Å². The van der Waals surface area contributed by atoms with Crippen molar-refractivity contribution in [3.63, 3.8) is 0 Å². The van der Waals surface area contributed by atoms with Gasteiger partial charge in [-0.3, -0.25) is 4.90 Å². The third kappa shape index (κ3) is 3.95. The Labute approximate surface area is 164 Å². The quantitative estimate of drug-likeness (QED) is 0.691. The lowest BCUT2D eigenvalue weighted by atomic mass is 10.0. The number of hydrogen-bond acceptors (Lipinski definition) is 5. The number of nitrogens with zero attached hydrogens (tertiary/aromatic N) is 3. The Morgan fingerprint density at radius 2 is 2.08 bits per heavy atom. The molecule has 3 aromatic rings. The zero-order valence-corrected chi connectivity index (χ0v) is 15.1. The number of benzene rings is 1. The molecule has 0 aliphatic carbocycles. The standard InChI is InChI=1S/C18H17ClF2N4S/c19-16-8-15-17(22-10-23-18(15)26-16)24-14-1-3-25(4-2-14)9-11-5-12(20)7-13(21)6-11/h5-8,10,14H,1-4,9H2,(H,22,23,24)/i8D,9D,14D/hD. The fourth-order valence-electron chi connectivity index (χ4n) is 2.87. The summed E-state index contributed by atoms with van der Waals surface area (Å²) in [7, 11) is 0. The van der Waals surface area contributed by atoms with E-state index in [1.807, 2.05) is 0 Å². The van der Waals surface area contributed by atoms with Gasteiger partial charge < -0.3 is 5.31 Å². The number of halogens is 3. The molecule has 1 fully saturated rings. The molecule has 3 heterocycles. The largest absolute Gasteiger partial charge is 0.367 e. The van der Waals surface area contributed by atoms with E-state index in [2.05, 4.69) is 9.97 Å². The number of nitrogens with one attached hydrogen (secondary N) is 1.